The van der Waals surface area contributed by atoms with Gasteiger partial charge in [0.25, 0.3) is 5.91 Å². The highest BCUT2D eigenvalue weighted by Gasteiger charge is 2.10. The zero-order valence-corrected chi connectivity index (χ0v) is 13.3. The molecule has 0 aliphatic rings. The Morgan fingerprint density at radius 1 is 1.14 bits per heavy atom. The van der Waals surface area contributed by atoms with E-state index in [2.05, 4.69) is 5.32 Å². The molecule has 0 fully saturated rings. The third kappa shape index (κ3) is 4.05. The first-order chi connectivity index (χ1) is 10.5. The monoisotopic (exact) mass is 354 g/mol. The van der Waals surface area contributed by atoms with Gasteiger partial charge < -0.3 is 10.1 Å². The summed E-state index contributed by atoms with van der Waals surface area (Å²) in [5.74, 6) is -0.157. The van der Waals surface area contributed by atoms with Crippen LogP contribution in [0.5, 0.6) is 5.75 Å². The van der Waals surface area contributed by atoms with Gasteiger partial charge in [-0.05, 0) is 30.3 Å². The van der Waals surface area contributed by atoms with Crippen LogP contribution in [0.2, 0.25) is 15.1 Å². The molecular weight excluding hydrogens is 347 g/mol. The summed E-state index contributed by atoms with van der Waals surface area (Å²) in [4.78, 5) is 11.8. The molecule has 2 aromatic carbocycles. The molecule has 0 aliphatic carbocycles. The van der Waals surface area contributed by atoms with Gasteiger partial charge in [-0.15, -0.1) is 0 Å². The topological polar surface area (TPSA) is 62.1 Å². The number of halogens is 3. The molecule has 4 nitrogen and oxygen atoms in total. The van der Waals surface area contributed by atoms with Gasteiger partial charge in [-0.25, -0.2) is 0 Å². The molecule has 1 amide bonds. The van der Waals surface area contributed by atoms with Crippen LogP contribution < -0.4 is 10.1 Å². The molecule has 2 aromatic rings. The molecule has 7 heteroatoms. The molecule has 0 spiro atoms. The van der Waals surface area contributed by atoms with Gasteiger partial charge in [-0.2, -0.15) is 5.26 Å². The Labute approximate surface area is 142 Å². The minimum Gasteiger partial charge on any atom is -0.481 e. The van der Waals surface area contributed by atoms with Gasteiger partial charge in [0, 0.05) is 5.69 Å². The van der Waals surface area contributed by atoms with Crippen LogP contribution in [-0.4, -0.2) is 12.5 Å². The average molecular weight is 356 g/mol. The second-order valence-corrected chi connectivity index (χ2v) is 5.42. The summed E-state index contributed by atoms with van der Waals surface area (Å²) in [6, 6.07) is 11.4. The number of ether oxygens (including phenoxy) is 1. The van der Waals surface area contributed by atoms with Crippen molar-refractivity contribution in [3.63, 3.8) is 0 Å². The van der Waals surface area contributed by atoms with E-state index in [1.807, 2.05) is 6.07 Å². The normalized spacial score (nSPS) is 9.91. The van der Waals surface area contributed by atoms with Crippen molar-refractivity contribution in [1.82, 2.24) is 0 Å². The maximum absolute atomic E-state index is 11.8. The van der Waals surface area contributed by atoms with Gasteiger partial charge in [0.1, 0.15) is 6.07 Å². The number of para-hydroxylation sites is 1. The van der Waals surface area contributed by atoms with Crippen molar-refractivity contribution >= 4 is 46.4 Å². The summed E-state index contributed by atoms with van der Waals surface area (Å²) in [7, 11) is 0. The van der Waals surface area contributed by atoms with E-state index in [0.717, 1.165) is 0 Å². The smallest absolute Gasteiger partial charge is 0.262 e. The standard InChI is InChI=1S/C15H9Cl3N2O2/c16-11-2-1-3-12(17)15(11)22-8-14(21)20-10-5-4-9(7-19)13(18)6-10/h1-6H,8H2,(H,20,21). The zero-order chi connectivity index (χ0) is 16.1. The number of amides is 1. The number of rotatable bonds is 4. The Kier molecular flexibility index (Phi) is 5.51. The Morgan fingerprint density at radius 2 is 1.82 bits per heavy atom. The fraction of sp³-hybridized carbons (Fsp3) is 0.0667. The van der Waals surface area contributed by atoms with Crippen molar-refractivity contribution in [2.45, 2.75) is 0 Å². The predicted molar refractivity (Wildman–Crippen MR) is 86.8 cm³/mol. The highest BCUT2D eigenvalue weighted by atomic mass is 35.5. The van der Waals surface area contributed by atoms with Crippen molar-refractivity contribution in [1.29, 1.82) is 5.26 Å². The number of benzene rings is 2. The maximum atomic E-state index is 11.8. The van der Waals surface area contributed by atoms with Gasteiger partial charge in [0.2, 0.25) is 0 Å². The van der Waals surface area contributed by atoms with Crippen molar-refractivity contribution in [2.24, 2.45) is 0 Å². The number of nitrogens with one attached hydrogen (secondary N) is 1. The van der Waals surface area contributed by atoms with Gasteiger partial charge in [0.05, 0.1) is 20.6 Å². The highest BCUT2D eigenvalue weighted by molar-refractivity contribution is 6.37. The van der Waals surface area contributed by atoms with Crippen LogP contribution >= 0.6 is 34.8 Å². The van der Waals surface area contributed by atoms with E-state index in [-0.39, 0.29) is 17.4 Å². The average Bonchev–Trinajstić information content (AvgIpc) is 2.47. The van der Waals surface area contributed by atoms with Crippen LogP contribution in [0.1, 0.15) is 5.56 Å². The van der Waals surface area contributed by atoms with Crippen molar-refractivity contribution < 1.29 is 9.53 Å². The second-order valence-electron chi connectivity index (χ2n) is 4.19. The molecule has 0 heterocycles. The van der Waals surface area contributed by atoms with Crippen LogP contribution in [0.4, 0.5) is 5.69 Å². The zero-order valence-electron chi connectivity index (χ0n) is 11.1. The second kappa shape index (κ2) is 7.37. The van der Waals surface area contributed by atoms with Crippen LogP contribution in [0.3, 0.4) is 0 Å². The molecule has 2 rings (SSSR count). The van der Waals surface area contributed by atoms with Crippen LogP contribution in [-0.2, 0) is 4.79 Å². The molecule has 0 aromatic heterocycles. The number of hydrogen-bond donors (Lipinski definition) is 1. The summed E-state index contributed by atoms with van der Waals surface area (Å²) in [5.41, 5.74) is 0.793. The molecular formula is C15H9Cl3N2O2. The first-order valence-corrected chi connectivity index (χ1v) is 7.21. The number of nitriles is 1. The number of carbonyl (C=O) groups is 1. The lowest BCUT2D eigenvalue weighted by molar-refractivity contribution is -0.118. The minimum absolute atomic E-state index is 0.249. The predicted octanol–water partition coefficient (Wildman–Crippen LogP) is 4.54. The van der Waals surface area contributed by atoms with E-state index in [9.17, 15) is 4.79 Å². The van der Waals surface area contributed by atoms with Crippen LogP contribution in [0, 0.1) is 11.3 Å². The van der Waals surface area contributed by atoms with E-state index >= 15 is 0 Å². The van der Waals surface area contributed by atoms with Crippen molar-refractivity contribution in [3.8, 4) is 11.8 Å². The van der Waals surface area contributed by atoms with Crippen LogP contribution in [0.25, 0.3) is 0 Å². The number of carbonyl (C=O) groups excluding carboxylic acids is 1. The molecule has 112 valence electrons. The molecule has 22 heavy (non-hydrogen) atoms. The summed E-state index contributed by atoms with van der Waals surface area (Å²) in [5, 5.41) is 12.3. The fourth-order valence-electron chi connectivity index (χ4n) is 1.64. The molecule has 0 saturated heterocycles. The molecule has 0 saturated carbocycles. The molecule has 0 radical (unpaired) electrons. The molecule has 0 aliphatic heterocycles. The van der Waals surface area contributed by atoms with E-state index in [1.165, 1.54) is 12.1 Å². The van der Waals surface area contributed by atoms with Gasteiger partial charge in [0.15, 0.2) is 12.4 Å². The lowest BCUT2D eigenvalue weighted by Gasteiger charge is -2.10. The van der Waals surface area contributed by atoms with E-state index < -0.39 is 5.91 Å². The third-order valence-corrected chi connectivity index (χ3v) is 3.55. The Balaban J connectivity index is 1.99. The molecule has 0 atom stereocenters. The third-order valence-electron chi connectivity index (χ3n) is 2.64. The summed E-state index contributed by atoms with van der Waals surface area (Å²) in [6.07, 6.45) is 0. The van der Waals surface area contributed by atoms with E-state index in [4.69, 9.17) is 44.8 Å². The lowest BCUT2D eigenvalue weighted by Crippen LogP contribution is -2.20. The van der Waals surface area contributed by atoms with Crippen molar-refractivity contribution in [2.75, 3.05) is 11.9 Å². The molecule has 0 unspecified atom stereocenters. The Bertz CT molecular complexity index is 737. The summed E-state index contributed by atoms with van der Waals surface area (Å²) >= 11 is 17.8. The Hall–Kier alpha value is -1.93. The summed E-state index contributed by atoms with van der Waals surface area (Å²) < 4.78 is 5.32. The molecule has 0 bridgehead atoms. The van der Waals surface area contributed by atoms with Gasteiger partial charge in [-0.1, -0.05) is 40.9 Å². The highest BCUT2D eigenvalue weighted by Crippen LogP contribution is 2.32. The van der Waals surface area contributed by atoms with E-state index in [1.54, 1.807) is 24.3 Å². The van der Waals surface area contributed by atoms with Crippen molar-refractivity contribution in [3.05, 3.63) is 57.0 Å². The largest absolute Gasteiger partial charge is 0.481 e. The Morgan fingerprint density at radius 3 is 2.41 bits per heavy atom. The minimum atomic E-state index is -0.406. The lowest BCUT2D eigenvalue weighted by atomic mass is 10.2. The van der Waals surface area contributed by atoms with E-state index in [0.29, 0.717) is 21.3 Å². The van der Waals surface area contributed by atoms with Gasteiger partial charge >= 0.3 is 0 Å². The number of nitrogens with zero attached hydrogens (tertiary/aromatic N) is 1. The molecule has 1 N–H and O–H groups in total. The number of hydrogen-bond acceptors (Lipinski definition) is 3. The SMILES string of the molecule is N#Cc1ccc(NC(=O)COc2c(Cl)cccc2Cl)cc1Cl. The summed E-state index contributed by atoms with van der Waals surface area (Å²) in [6.45, 7) is -0.263. The number of anilines is 1. The fourth-order valence-corrected chi connectivity index (χ4v) is 2.37. The van der Waals surface area contributed by atoms with Gasteiger partial charge in [-0.3, -0.25) is 4.79 Å². The maximum Gasteiger partial charge on any atom is 0.262 e. The first-order valence-electron chi connectivity index (χ1n) is 6.07. The quantitative estimate of drug-likeness (QED) is 0.876. The first kappa shape index (κ1) is 16.4. The van der Waals surface area contributed by atoms with Crippen LogP contribution in [0.15, 0.2) is 36.4 Å².